The van der Waals surface area contributed by atoms with Crippen LogP contribution in [-0.4, -0.2) is 19.9 Å². The molecule has 1 aromatic heterocycles. The van der Waals surface area contributed by atoms with Crippen LogP contribution in [-0.2, 0) is 16.4 Å². The molecule has 1 aliphatic rings. The predicted octanol–water partition coefficient (Wildman–Crippen LogP) is 4.20. The van der Waals surface area contributed by atoms with Gasteiger partial charge in [0.05, 0.1) is 4.90 Å². The predicted molar refractivity (Wildman–Crippen MR) is 96.8 cm³/mol. The Labute approximate surface area is 149 Å². The molecule has 0 saturated heterocycles. The van der Waals surface area contributed by atoms with E-state index in [0.29, 0.717) is 17.1 Å². The van der Waals surface area contributed by atoms with Gasteiger partial charge in [-0.1, -0.05) is 41.4 Å². The van der Waals surface area contributed by atoms with E-state index in [4.69, 9.17) is 11.6 Å². The summed E-state index contributed by atoms with van der Waals surface area (Å²) in [6.07, 6.45) is 3.55. The van der Waals surface area contributed by atoms with Crippen LogP contribution in [0.15, 0.2) is 23.2 Å². The Morgan fingerprint density at radius 2 is 2.13 bits per heavy atom. The lowest BCUT2D eigenvalue weighted by molar-refractivity contribution is 0.561. The average Bonchev–Trinajstić information content (AvgIpc) is 2.85. The fourth-order valence-electron chi connectivity index (χ4n) is 2.90. The second kappa shape index (κ2) is 6.31. The van der Waals surface area contributed by atoms with E-state index in [1.807, 2.05) is 13.8 Å². The summed E-state index contributed by atoms with van der Waals surface area (Å²) >= 11 is 9.65. The Morgan fingerprint density at radius 3 is 2.83 bits per heavy atom. The quantitative estimate of drug-likeness (QED) is 0.599. The first-order valence-electron chi connectivity index (χ1n) is 7.54. The lowest BCUT2D eigenvalue weighted by atomic mass is 10.0. The molecule has 4 nitrogen and oxygen atoms in total. The zero-order valence-corrected chi connectivity index (χ0v) is 16.1. The molecule has 1 N–H and O–H groups in total. The smallest absolute Gasteiger partial charge is 0.241 e. The van der Waals surface area contributed by atoms with Gasteiger partial charge in [-0.25, -0.2) is 18.1 Å². The van der Waals surface area contributed by atoms with Gasteiger partial charge in [-0.3, -0.25) is 0 Å². The molecule has 1 atom stereocenters. The van der Waals surface area contributed by atoms with E-state index in [1.54, 1.807) is 18.3 Å². The molecule has 23 heavy (non-hydrogen) atoms. The highest BCUT2D eigenvalue weighted by Crippen LogP contribution is 2.43. The molecule has 0 spiro atoms. The first-order chi connectivity index (χ1) is 10.8. The Morgan fingerprint density at radius 1 is 1.39 bits per heavy atom. The fourth-order valence-corrected chi connectivity index (χ4v) is 5.14. The minimum atomic E-state index is -3.60. The second-order valence-corrected chi connectivity index (χ2v) is 9.47. The van der Waals surface area contributed by atoms with Crippen molar-refractivity contribution in [2.45, 2.75) is 36.4 Å². The average molecular weight is 418 g/mol. The highest BCUT2D eigenvalue weighted by Gasteiger charge is 2.28. The maximum atomic E-state index is 12.8. The molecular weight excluding hydrogens is 400 g/mol. The lowest BCUT2D eigenvalue weighted by Gasteiger charge is -2.15. The monoisotopic (exact) mass is 416 g/mol. The van der Waals surface area contributed by atoms with Gasteiger partial charge in [0, 0.05) is 28.3 Å². The number of nitrogens with one attached hydrogen (secondary N) is 1. The van der Waals surface area contributed by atoms with Crippen molar-refractivity contribution >= 4 is 48.3 Å². The molecule has 0 bridgehead atoms. The zero-order valence-electron chi connectivity index (χ0n) is 12.9. The van der Waals surface area contributed by atoms with E-state index in [9.17, 15) is 8.42 Å². The summed E-state index contributed by atoms with van der Waals surface area (Å²) in [4.78, 5) is 4.60. The third-order valence-corrected chi connectivity index (χ3v) is 6.67. The maximum absolute atomic E-state index is 12.8. The van der Waals surface area contributed by atoms with Crippen LogP contribution >= 0.6 is 27.5 Å². The fraction of sp³-hybridized carbons (Fsp3) is 0.438. The number of halogens is 2. The molecule has 0 fully saturated rings. The topological polar surface area (TPSA) is 59.1 Å². The summed E-state index contributed by atoms with van der Waals surface area (Å²) in [5.74, 6) is 0.236. The molecule has 0 saturated carbocycles. The molecule has 0 aliphatic heterocycles. The van der Waals surface area contributed by atoms with Crippen molar-refractivity contribution in [3.8, 4) is 0 Å². The standard InChI is InChI=1S/C16H18BrClN2O2S/c1-9(2)7-20-23(21,22)15-5-11-10(3-4-14(11)17)13-8-19-16(18)6-12(13)15/h5-6,8-9,14,20H,3-4,7H2,1-2H3. The molecule has 0 amide bonds. The minimum absolute atomic E-state index is 0.177. The van der Waals surface area contributed by atoms with Crippen molar-refractivity contribution in [1.29, 1.82) is 0 Å². The van der Waals surface area contributed by atoms with Crippen LogP contribution in [0.4, 0.5) is 0 Å². The molecule has 1 heterocycles. The summed E-state index contributed by atoms with van der Waals surface area (Å²) in [6.45, 7) is 4.34. The molecular formula is C16H18BrClN2O2S. The molecule has 7 heteroatoms. The van der Waals surface area contributed by atoms with Crippen LogP contribution in [0.5, 0.6) is 0 Å². The van der Waals surface area contributed by atoms with Crippen LogP contribution in [0, 0.1) is 5.92 Å². The van der Waals surface area contributed by atoms with Gasteiger partial charge in [0.1, 0.15) is 5.15 Å². The molecule has 0 radical (unpaired) electrons. The lowest BCUT2D eigenvalue weighted by Crippen LogP contribution is -2.28. The van der Waals surface area contributed by atoms with Crippen LogP contribution in [0.2, 0.25) is 5.15 Å². The van der Waals surface area contributed by atoms with Gasteiger partial charge in [-0.05, 0) is 42.0 Å². The van der Waals surface area contributed by atoms with E-state index in [0.717, 1.165) is 29.4 Å². The minimum Gasteiger partial charge on any atom is -0.244 e. The Hall–Kier alpha value is -0.690. The van der Waals surface area contributed by atoms with Crippen molar-refractivity contribution < 1.29 is 8.42 Å². The van der Waals surface area contributed by atoms with E-state index in [1.165, 1.54) is 0 Å². The number of fused-ring (bicyclic) bond motifs is 3. The second-order valence-electron chi connectivity index (χ2n) is 6.25. The Balaban J connectivity index is 2.24. The van der Waals surface area contributed by atoms with Gasteiger partial charge in [-0.2, -0.15) is 0 Å². The molecule has 1 unspecified atom stereocenters. The van der Waals surface area contributed by atoms with Gasteiger partial charge in [0.15, 0.2) is 0 Å². The molecule has 1 aliphatic carbocycles. The normalized spacial score (nSPS) is 17.9. The third-order valence-electron chi connectivity index (χ3n) is 4.05. The van der Waals surface area contributed by atoms with Crippen molar-refractivity contribution in [1.82, 2.24) is 9.71 Å². The molecule has 1 aromatic carbocycles. The number of aromatic nitrogens is 1. The summed E-state index contributed by atoms with van der Waals surface area (Å²) in [5.41, 5.74) is 2.19. The number of pyridine rings is 1. The van der Waals surface area contributed by atoms with E-state index < -0.39 is 10.0 Å². The van der Waals surface area contributed by atoms with Crippen molar-refractivity contribution in [3.63, 3.8) is 0 Å². The van der Waals surface area contributed by atoms with E-state index in [-0.39, 0.29) is 15.6 Å². The largest absolute Gasteiger partial charge is 0.244 e. The van der Waals surface area contributed by atoms with Gasteiger partial charge in [0.2, 0.25) is 10.0 Å². The van der Waals surface area contributed by atoms with E-state index in [2.05, 4.69) is 25.6 Å². The number of alkyl halides is 1. The number of hydrogen-bond donors (Lipinski definition) is 1. The highest BCUT2D eigenvalue weighted by atomic mass is 79.9. The number of hydrogen-bond acceptors (Lipinski definition) is 3. The van der Waals surface area contributed by atoms with Crippen LogP contribution < -0.4 is 4.72 Å². The third kappa shape index (κ3) is 3.27. The number of sulfonamides is 1. The maximum Gasteiger partial charge on any atom is 0.241 e. The summed E-state index contributed by atoms with van der Waals surface area (Å²) in [5, 5.41) is 1.81. The van der Waals surface area contributed by atoms with Crippen LogP contribution in [0.1, 0.15) is 36.2 Å². The number of rotatable bonds is 4. The van der Waals surface area contributed by atoms with Crippen molar-refractivity contribution in [2.75, 3.05) is 6.54 Å². The van der Waals surface area contributed by atoms with Gasteiger partial charge in [0.25, 0.3) is 0 Å². The zero-order chi connectivity index (χ0) is 16.8. The number of benzene rings is 1. The van der Waals surface area contributed by atoms with Crippen LogP contribution in [0.3, 0.4) is 0 Å². The molecule has 124 valence electrons. The highest BCUT2D eigenvalue weighted by molar-refractivity contribution is 9.09. The van der Waals surface area contributed by atoms with E-state index >= 15 is 0 Å². The summed E-state index contributed by atoms with van der Waals surface area (Å²) < 4.78 is 28.2. The first-order valence-corrected chi connectivity index (χ1v) is 10.3. The van der Waals surface area contributed by atoms with Gasteiger partial charge in [-0.15, -0.1) is 0 Å². The SMILES string of the molecule is CC(C)CNS(=O)(=O)c1cc2c(c3cnc(Cl)cc13)CCC2Br. The molecule has 3 rings (SSSR count). The van der Waals surface area contributed by atoms with Crippen molar-refractivity contribution in [2.24, 2.45) is 5.92 Å². The summed E-state index contributed by atoms with van der Waals surface area (Å²) in [6, 6.07) is 3.42. The Kier molecular flexibility index (Phi) is 4.71. The van der Waals surface area contributed by atoms with Gasteiger partial charge >= 0.3 is 0 Å². The Bertz CT molecular complexity index is 868. The van der Waals surface area contributed by atoms with Crippen molar-refractivity contribution in [3.05, 3.63) is 34.6 Å². The number of aryl methyl sites for hydroxylation is 1. The van der Waals surface area contributed by atoms with Gasteiger partial charge < -0.3 is 0 Å². The van der Waals surface area contributed by atoms with Crippen LogP contribution in [0.25, 0.3) is 10.8 Å². The summed E-state index contributed by atoms with van der Waals surface area (Å²) in [7, 11) is -3.60. The molecule has 2 aromatic rings. The first kappa shape index (κ1) is 17.1. The number of nitrogens with zero attached hydrogens (tertiary/aromatic N) is 1.